The molecule has 2 N–H and O–H groups in total. The van der Waals surface area contributed by atoms with Gasteiger partial charge in [-0.15, -0.1) is 11.3 Å². The van der Waals surface area contributed by atoms with Gasteiger partial charge in [-0.1, -0.05) is 26.0 Å². The number of hydrogen-bond acceptors (Lipinski definition) is 3. The molecule has 1 fully saturated rings. The van der Waals surface area contributed by atoms with E-state index in [2.05, 4.69) is 39.8 Å². The van der Waals surface area contributed by atoms with Crippen molar-refractivity contribution < 1.29 is 4.39 Å². The Morgan fingerprint density at radius 1 is 1.36 bits per heavy atom. The average molecular weight is 361 g/mol. The molecule has 1 aromatic heterocycles. The van der Waals surface area contributed by atoms with Gasteiger partial charge in [-0.05, 0) is 30.5 Å². The zero-order valence-electron chi connectivity index (χ0n) is 15.0. The number of benzene rings is 1. The lowest BCUT2D eigenvalue weighted by Gasteiger charge is -2.19. The van der Waals surface area contributed by atoms with Crippen molar-refractivity contribution in [1.29, 1.82) is 0 Å². The molecule has 25 heavy (non-hydrogen) atoms. The zero-order valence-corrected chi connectivity index (χ0v) is 15.8. The normalized spacial score (nSPS) is 16.1. The molecule has 1 aromatic carbocycles. The molecule has 1 aliphatic rings. The third-order valence-corrected chi connectivity index (χ3v) is 5.80. The van der Waals surface area contributed by atoms with Crippen molar-refractivity contribution in [2.45, 2.75) is 44.6 Å². The summed E-state index contributed by atoms with van der Waals surface area (Å²) in [5, 5.41) is 9.94. The Morgan fingerprint density at radius 2 is 2.16 bits per heavy atom. The lowest BCUT2D eigenvalue weighted by molar-refractivity contribution is 0.607. The topological polar surface area (TPSA) is 49.3 Å². The molecule has 6 heteroatoms. The highest BCUT2D eigenvalue weighted by molar-refractivity contribution is 7.09. The average Bonchev–Trinajstić information content (AvgIpc) is 3.24. The number of nitrogens with zero attached hydrogens (tertiary/aromatic N) is 2. The fourth-order valence-electron chi connectivity index (χ4n) is 2.85. The minimum Gasteiger partial charge on any atom is -0.356 e. The summed E-state index contributed by atoms with van der Waals surface area (Å²) >= 11 is 1.70. The maximum absolute atomic E-state index is 13.5. The van der Waals surface area contributed by atoms with E-state index in [1.165, 1.54) is 6.07 Å². The highest BCUT2D eigenvalue weighted by atomic mass is 32.1. The van der Waals surface area contributed by atoms with Gasteiger partial charge < -0.3 is 10.6 Å². The second kappa shape index (κ2) is 7.52. The van der Waals surface area contributed by atoms with E-state index in [9.17, 15) is 4.39 Å². The zero-order chi connectivity index (χ0) is 17.9. The summed E-state index contributed by atoms with van der Waals surface area (Å²) in [5.74, 6) is 1.04. The molecule has 1 aliphatic carbocycles. The molecule has 0 radical (unpaired) electrons. The number of halogens is 1. The Kier molecular flexibility index (Phi) is 5.37. The Labute approximate surface area is 152 Å². The number of rotatable bonds is 6. The van der Waals surface area contributed by atoms with Crippen LogP contribution >= 0.6 is 11.3 Å². The SMILES string of the molecule is CN=C(NCc1csc(C(C)C)n1)NCC1(c2cccc(F)c2)CC1. The molecule has 0 saturated heterocycles. The monoisotopic (exact) mass is 360 g/mol. The van der Waals surface area contributed by atoms with E-state index in [1.807, 2.05) is 6.07 Å². The number of hydrogen-bond donors (Lipinski definition) is 2. The van der Waals surface area contributed by atoms with E-state index in [0.717, 1.165) is 41.6 Å². The van der Waals surface area contributed by atoms with E-state index in [4.69, 9.17) is 0 Å². The predicted molar refractivity (Wildman–Crippen MR) is 102 cm³/mol. The summed E-state index contributed by atoms with van der Waals surface area (Å²) in [6.45, 7) is 5.70. The second-order valence-corrected chi connectivity index (χ2v) is 7.79. The first-order valence-corrected chi connectivity index (χ1v) is 9.55. The molecule has 1 saturated carbocycles. The fourth-order valence-corrected chi connectivity index (χ4v) is 3.69. The van der Waals surface area contributed by atoms with Crippen LogP contribution in [-0.2, 0) is 12.0 Å². The van der Waals surface area contributed by atoms with Gasteiger partial charge in [0.05, 0.1) is 17.2 Å². The Morgan fingerprint density at radius 3 is 2.76 bits per heavy atom. The predicted octanol–water partition coefficient (Wildman–Crippen LogP) is 3.80. The first kappa shape index (κ1) is 17.9. The largest absolute Gasteiger partial charge is 0.356 e. The molecule has 3 rings (SSSR count). The molecule has 0 bridgehead atoms. The minimum atomic E-state index is -0.171. The minimum absolute atomic E-state index is 0.0329. The summed E-state index contributed by atoms with van der Waals surface area (Å²) < 4.78 is 13.5. The molecule has 2 aromatic rings. The van der Waals surface area contributed by atoms with Gasteiger partial charge in [-0.3, -0.25) is 4.99 Å². The van der Waals surface area contributed by atoms with E-state index < -0.39 is 0 Å². The van der Waals surface area contributed by atoms with Crippen LogP contribution in [0, 0.1) is 5.82 Å². The lowest BCUT2D eigenvalue weighted by atomic mass is 9.96. The number of nitrogens with one attached hydrogen (secondary N) is 2. The van der Waals surface area contributed by atoms with Gasteiger partial charge in [0.1, 0.15) is 5.82 Å². The Bertz CT molecular complexity index is 749. The Balaban J connectivity index is 1.54. The standard InChI is InChI=1S/C19H25FN4S/c1-13(2)17-24-16(11-25-17)10-22-18(21-3)23-12-19(7-8-19)14-5-4-6-15(20)9-14/h4-6,9,11,13H,7-8,10,12H2,1-3H3,(H2,21,22,23). The molecule has 1 heterocycles. The first-order valence-electron chi connectivity index (χ1n) is 8.67. The summed E-state index contributed by atoms with van der Waals surface area (Å²) in [6, 6.07) is 6.93. The lowest BCUT2D eigenvalue weighted by Crippen LogP contribution is -2.41. The van der Waals surface area contributed by atoms with Gasteiger partial charge in [-0.2, -0.15) is 0 Å². The smallest absolute Gasteiger partial charge is 0.191 e. The van der Waals surface area contributed by atoms with Gasteiger partial charge in [-0.25, -0.2) is 9.37 Å². The number of guanidine groups is 1. The van der Waals surface area contributed by atoms with Crippen molar-refractivity contribution in [1.82, 2.24) is 15.6 Å². The van der Waals surface area contributed by atoms with Gasteiger partial charge >= 0.3 is 0 Å². The Hall–Kier alpha value is -1.95. The van der Waals surface area contributed by atoms with Gasteiger partial charge in [0, 0.05) is 30.3 Å². The van der Waals surface area contributed by atoms with E-state index >= 15 is 0 Å². The van der Waals surface area contributed by atoms with Crippen LogP contribution in [0.5, 0.6) is 0 Å². The number of thiazole rings is 1. The van der Waals surface area contributed by atoms with Crippen LogP contribution in [0.2, 0.25) is 0 Å². The second-order valence-electron chi connectivity index (χ2n) is 6.90. The molecular formula is C19H25FN4S. The maximum Gasteiger partial charge on any atom is 0.191 e. The molecule has 0 unspecified atom stereocenters. The molecule has 0 spiro atoms. The van der Waals surface area contributed by atoms with E-state index in [1.54, 1.807) is 30.5 Å². The number of aliphatic imine (C=N–C) groups is 1. The van der Waals surface area contributed by atoms with Gasteiger partial charge in [0.15, 0.2) is 5.96 Å². The van der Waals surface area contributed by atoms with Crippen molar-refractivity contribution in [2.75, 3.05) is 13.6 Å². The molecule has 134 valence electrons. The third-order valence-electron chi connectivity index (χ3n) is 4.61. The van der Waals surface area contributed by atoms with Crippen LogP contribution in [0.1, 0.15) is 48.9 Å². The third kappa shape index (κ3) is 4.37. The maximum atomic E-state index is 13.5. The van der Waals surface area contributed by atoms with Crippen molar-refractivity contribution >= 4 is 17.3 Å². The highest BCUT2D eigenvalue weighted by Gasteiger charge is 2.44. The van der Waals surface area contributed by atoms with Crippen LogP contribution in [0.25, 0.3) is 0 Å². The van der Waals surface area contributed by atoms with Crippen LogP contribution < -0.4 is 10.6 Å². The van der Waals surface area contributed by atoms with Crippen molar-refractivity contribution in [3.05, 3.63) is 51.7 Å². The quantitative estimate of drug-likeness (QED) is 0.608. The van der Waals surface area contributed by atoms with Gasteiger partial charge in [0.25, 0.3) is 0 Å². The molecular weight excluding hydrogens is 335 g/mol. The van der Waals surface area contributed by atoms with Crippen LogP contribution in [0.3, 0.4) is 0 Å². The summed E-state index contributed by atoms with van der Waals surface area (Å²) in [6.07, 6.45) is 2.15. The molecule has 4 nitrogen and oxygen atoms in total. The van der Waals surface area contributed by atoms with Gasteiger partial charge in [0.2, 0.25) is 0 Å². The van der Waals surface area contributed by atoms with Crippen LogP contribution in [-0.4, -0.2) is 24.5 Å². The molecule has 0 atom stereocenters. The highest BCUT2D eigenvalue weighted by Crippen LogP contribution is 2.47. The van der Waals surface area contributed by atoms with E-state index in [-0.39, 0.29) is 11.2 Å². The first-order chi connectivity index (χ1) is 12.0. The van der Waals surface area contributed by atoms with Crippen molar-refractivity contribution in [3.63, 3.8) is 0 Å². The van der Waals surface area contributed by atoms with Crippen LogP contribution in [0.15, 0.2) is 34.6 Å². The van der Waals surface area contributed by atoms with Crippen molar-refractivity contribution in [3.8, 4) is 0 Å². The summed E-state index contributed by atoms with van der Waals surface area (Å²) in [7, 11) is 1.76. The van der Waals surface area contributed by atoms with E-state index in [0.29, 0.717) is 12.5 Å². The fraction of sp³-hybridized carbons (Fsp3) is 0.474. The summed E-state index contributed by atoms with van der Waals surface area (Å²) in [4.78, 5) is 8.91. The molecule has 0 amide bonds. The van der Waals surface area contributed by atoms with Crippen LogP contribution in [0.4, 0.5) is 4.39 Å². The van der Waals surface area contributed by atoms with Crippen molar-refractivity contribution in [2.24, 2.45) is 4.99 Å². The number of aromatic nitrogens is 1. The molecule has 0 aliphatic heterocycles. The summed E-state index contributed by atoms with van der Waals surface area (Å²) in [5.41, 5.74) is 2.13.